The number of hydrogen-bond donors (Lipinski definition) is 1. The number of nitrogens with one attached hydrogen (secondary N) is 1. The molecule has 0 amide bonds. The van der Waals surface area contributed by atoms with E-state index >= 15 is 0 Å². The molecule has 0 aliphatic heterocycles. The van der Waals surface area contributed by atoms with Crippen LogP contribution in [0, 0.1) is 18.6 Å². The summed E-state index contributed by atoms with van der Waals surface area (Å²) in [6.07, 6.45) is 0.535. The van der Waals surface area contributed by atoms with Gasteiger partial charge in [0.2, 0.25) is 5.13 Å². The molecule has 2 rings (SSSR count). The fourth-order valence-corrected chi connectivity index (χ4v) is 2.04. The summed E-state index contributed by atoms with van der Waals surface area (Å²) in [5, 5.41) is 3.77. The van der Waals surface area contributed by atoms with E-state index in [-0.39, 0.29) is 0 Å². The van der Waals surface area contributed by atoms with E-state index in [0.29, 0.717) is 24.4 Å². The van der Waals surface area contributed by atoms with Crippen LogP contribution in [-0.2, 0) is 6.42 Å². The van der Waals surface area contributed by atoms with Crippen molar-refractivity contribution in [2.75, 3.05) is 11.9 Å². The zero-order valence-electron chi connectivity index (χ0n) is 9.20. The van der Waals surface area contributed by atoms with Gasteiger partial charge in [-0.1, -0.05) is 0 Å². The van der Waals surface area contributed by atoms with Gasteiger partial charge in [0.05, 0.1) is 0 Å². The van der Waals surface area contributed by atoms with Crippen molar-refractivity contribution < 1.29 is 8.78 Å². The molecular weight excluding hydrogens is 244 g/mol. The normalized spacial score (nSPS) is 10.5. The van der Waals surface area contributed by atoms with Gasteiger partial charge in [-0.2, -0.15) is 4.37 Å². The van der Waals surface area contributed by atoms with Crippen molar-refractivity contribution in [1.29, 1.82) is 0 Å². The fraction of sp³-hybridized carbons (Fsp3) is 0.273. The molecule has 0 atom stereocenters. The Labute approximate surface area is 102 Å². The van der Waals surface area contributed by atoms with E-state index in [4.69, 9.17) is 0 Å². The Morgan fingerprint density at radius 2 is 1.94 bits per heavy atom. The lowest BCUT2D eigenvalue weighted by Crippen LogP contribution is -2.05. The summed E-state index contributed by atoms with van der Waals surface area (Å²) in [5.41, 5.74) is 0.622. The van der Waals surface area contributed by atoms with Crippen LogP contribution in [0.1, 0.15) is 11.4 Å². The first-order chi connectivity index (χ1) is 8.13. The van der Waals surface area contributed by atoms with Crippen molar-refractivity contribution in [2.24, 2.45) is 0 Å². The maximum Gasteiger partial charge on any atom is 0.202 e. The van der Waals surface area contributed by atoms with Crippen LogP contribution >= 0.6 is 11.5 Å². The molecule has 0 bridgehead atoms. The largest absolute Gasteiger partial charge is 0.360 e. The van der Waals surface area contributed by atoms with Crippen LogP contribution in [0.15, 0.2) is 18.2 Å². The third-order valence-corrected chi connectivity index (χ3v) is 2.90. The van der Waals surface area contributed by atoms with Gasteiger partial charge in [-0.3, -0.25) is 0 Å². The quantitative estimate of drug-likeness (QED) is 0.912. The third-order valence-electron chi connectivity index (χ3n) is 2.14. The van der Waals surface area contributed by atoms with Crippen molar-refractivity contribution in [3.8, 4) is 0 Å². The smallest absolute Gasteiger partial charge is 0.202 e. The van der Waals surface area contributed by atoms with E-state index in [1.165, 1.54) is 23.7 Å². The van der Waals surface area contributed by atoms with E-state index in [2.05, 4.69) is 14.7 Å². The Bertz CT molecular complexity index is 493. The summed E-state index contributed by atoms with van der Waals surface area (Å²) in [6.45, 7) is 2.38. The van der Waals surface area contributed by atoms with Crippen LogP contribution in [0.3, 0.4) is 0 Å². The van der Waals surface area contributed by atoms with Crippen LogP contribution in [0.5, 0.6) is 0 Å². The van der Waals surface area contributed by atoms with Gasteiger partial charge in [-0.25, -0.2) is 13.8 Å². The van der Waals surface area contributed by atoms with Gasteiger partial charge < -0.3 is 5.32 Å². The van der Waals surface area contributed by atoms with E-state index in [1.54, 1.807) is 0 Å². The van der Waals surface area contributed by atoms with E-state index < -0.39 is 11.6 Å². The van der Waals surface area contributed by atoms with Crippen LogP contribution in [0.2, 0.25) is 0 Å². The highest BCUT2D eigenvalue weighted by atomic mass is 32.1. The summed E-state index contributed by atoms with van der Waals surface area (Å²) in [6, 6.07) is 3.53. The third kappa shape index (κ3) is 3.45. The van der Waals surface area contributed by atoms with Crippen LogP contribution in [-0.4, -0.2) is 15.9 Å². The second-order valence-corrected chi connectivity index (χ2v) is 4.35. The average Bonchev–Trinajstić information content (AvgIpc) is 2.63. The standard InChI is InChI=1S/C11H11F2N3S/c1-7-15-11(17-16-7)14-3-2-8-4-9(12)6-10(13)5-8/h4-6H,2-3H2,1H3,(H,14,15,16). The Morgan fingerprint density at radius 3 is 2.53 bits per heavy atom. The lowest BCUT2D eigenvalue weighted by atomic mass is 10.1. The van der Waals surface area contributed by atoms with Crippen LogP contribution in [0.25, 0.3) is 0 Å². The fourth-order valence-electron chi connectivity index (χ4n) is 1.44. The topological polar surface area (TPSA) is 37.8 Å². The van der Waals surface area contributed by atoms with Gasteiger partial charge in [-0.05, 0) is 31.0 Å². The molecule has 1 N–H and O–H groups in total. The van der Waals surface area contributed by atoms with Gasteiger partial charge in [-0.15, -0.1) is 0 Å². The predicted molar refractivity (Wildman–Crippen MR) is 63.2 cm³/mol. The highest BCUT2D eigenvalue weighted by Crippen LogP contribution is 2.11. The van der Waals surface area contributed by atoms with Gasteiger partial charge in [0.15, 0.2) is 0 Å². The minimum Gasteiger partial charge on any atom is -0.360 e. The van der Waals surface area contributed by atoms with Crippen LogP contribution < -0.4 is 5.32 Å². The van der Waals surface area contributed by atoms with Gasteiger partial charge >= 0.3 is 0 Å². The molecule has 0 aliphatic carbocycles. The van der Waals surface area contributed by atoms with E-state index in [0.717, 1.165) is 11.2 Å². The molecule has 90 valence electrons. The first-order valence-corrected chi connectivity index (χ1v) is 5.90. The predicted octanol–water partition coefficient (Wildman–Crippen LogP) is 2.78. The number of benzene rings is 1. The molecule has 0 saturated carbocycles. The molecule has 1 heterocycles. The Hall–Kier alpha value is -1.56. The number of aryl methyl sites for hydroxylation is 1. The number of halogens is 2. The number of rotatable bonds is 4. The van der Waals surface area contributed by atoms with Crippen molar-refractivity contribution in [2.45, 2.75) is 13.3 Å². The Balaban J connectivity index is 1.89. The lowest BCUT2D eigenvalue weighted by molar-refractivity contribution is 0.580. The second kappa shape index (κ2) is 5.18. The zero-order chi connectivity index (χ0) is 12.3. The molecule has 6 heteroatoms. The molecule has 0 saturated heterocycles. The highest BCUT2D eigenvalue weighted by Gasteiger charge is 2.02. The minimum absolute atomic E-state index is 0.535. The van der Waals surface area contributed by atoms with Crippen molar-refractivity contribution in [3.63, 3.8) is 0 Å². The molecule has 1 aromatic heterocycles. The number of aromatic nitrogens is 2. The van der Waals surface area contributed by atoms with Crippen LogP contribution in [0.4, 0.5) is 13.9 Å². The summed E-state index contributed by atoms with van der Waals surface area (Å²) in [4.78, 5) is 4.13. The molecule has 0 fully saturated rings. The molecule has 1 aromatic carbocycles. The summed E-state index contributed by atoms with van der Waals surface area (Å²) < 4.78 is 29.8. The zero-order valence-corrected chi connectivity index (χ0v) is 10.0. The molecule has 3 nitrogen and oxygen atoms in total. The lowest BCUT2D eigenvalue weighted by Gasteiger charge is -2.03. The number of anilines is 1. The maximum absolute atomic E-state index is 12.9. The molecule has 17 heavy (non-hydrogen) atoms. The minimum atomic E-state index is -0.549. The monoisotopic (exact) mass is 255 g/mol. The summed E-state index contributed by atoms with van der Waals surface area (Å²) in [5.74, 6) is -0.382. The molecular formula is C11H11F2N3S. The first kappa shape index (κ1) is 11.9. The second-order valence-electron chi connectivity index (χ2n) is 3.60. The van der Waals surface area contributed by atoms with Crippen molar-refractivity contribution in [3.05, 3.63) is 41.2 Å². The molecule has 0 aliphatic rings. The molecule has 0 spiro atoms. The summed E-state index contributed by atoms with van der Waals surface area (Å²) >= 11 is 1.27. The summed E-state index contributed by atoms with van der Waals surface area (Å²) in [7, 11) is 0. The first-order valence-electron chi connectivity index (χ1n) is 5.12. The average molecular weight is 255 g/mol. The highest BCUT2D eigenvalue weighted by molar-refractivity contribution is 7.09. The Morgan fingerprint density at radius 1 is 1.24 bits per heavy atom. The number of hydrogen-bond acceptors (Lipinski definition) is 4. The van der Waals surface area contributed by atoms with E-state index in [9.17, 15) is 8.78 Å². The molecule has 2 aromatic rings. The molecule has 0 radical (unpaired) electrons. The Kier molecular flexibility index (Phi) is 3.63. The van der Waals surface area contributed by atoms with E-state index in [1.807, 2.05) is 6.92 Å². The van der Waals surface area contributed by atoms with Gasteiger partial charge in [0.1, 0.15) is 17.5 Å². The van der Waals surface area contributed by atoms with Gasteiger partial charge in [0, 0.05) is 24.1 Å². The number of nitrogens with zero attached hydrogens (tertiary/aromatic N) is 2. The molecule has 0 unspecified atom stereocenters. The van der Waals surface area contributed by atoms with Crippen molar-refractivity contribution in [1.82, 2.24) is 9.36 Å². The maximum atomic E-state index is 12.9. The van der Waals surface area contributed by atoms with Gasteiger partial charge in [0.25, 0.3) is 0 Å². The SMILES string of the molecule is Cc1nsc(NCCc2cc(F)cc(F)c2)n1. The van der Waals surface area contributed by atoms with Crippen molar-refractivity contribution >= 4 is 16.7 Å².